The number of aryl methyl sites for hydroxylation is 1. The molecule has 29 heavy (non-hydrogen) atoms. The van der Waals surface area contributed by atoms with Crippen molar-refractivity contribution in [3.05, 3.63) is 88.3 Å². The van der Waals surface area contributed by atoms with Gasteiger partial charge in [0.25, 0.3) is 0 Å². The Morgan fingerprint density at radius 3 is 2.34 bits per heavy atom. The van der Waals surface area contributed by atoms with E-state index in [0.717, 1.165) is 10.8 Å². The van der Waals surface area contributed by atoms with Crippen molar-refractivity contribution in [1.82, 2.24) is 0 Å². The van der Waals surface area contributed by atoms with Crippen LogP contribution in [-0.4, -0.2) is 12.6 Å². The standard InChI is InChI=1S/C24H20O5/c1-3-27-24(26)22(16-9-5-4-6-10-16)28-20-14-13-18-17-11-7-8-12-19(17)23(25)29-21(18)15(20)2/h4-14,22H,3H2,1-2H3/t22-/m0/s1. The molecule has 0 saturated carbocycles. The van der Waals surface area contributed by atoms with Gasteiger partial charge < -0.3 is 13.9 Å². The van der Waals surface area contributed by atoms with E-state index in [9.17, 15) is 9.59 Å². The Kier molecular flexibility index (Phi) is 5.04. The topological polar surface area (TPSA) is 65.7 Å². The Morgan fingerprint density at radius 1 is 0.931 bits per heavy atom. The number of rotatable bonds is 5. The quantitative estimate of drug-likeness (QED) is 0.275. The summed E-state index contributed by atoms with van der Waals surface area (Å²) in [6.45, 7) is 3.81. The van der Waals surface area contributed by atoms with Crippen LogP contribution in [0.2, 0.25) is 0 Å². The summed E-state index contributed by atoms with van der Waals surface area (Å²) in [5, 5.41) is 2.16. The summed E-state index contributed by atoms with van der Waals surface area (Å²) in [4.78, 5) is 24.9. The molecule has 5 nitrogen and oxygen atoms in total. The van der Waals surface area contributed by atoms with Gasteiger partial charge in [0.15, 0.2) is 0 Å². The number of hydrogen-bond donors (Lipinski definition) is 0. The van der Waals surface area contributed by atoms with Crippen molar-refractivity contribution in [1.29, 1.82) is 0 Å². The third-order valence-electron chi connectivity index (χ3n) is 4.84. The van der Waals surface area contributed by atoms with Gasteiger partial charge in [-0.05, 0) is 37.4 Å². The van der Waals surface area contributed by atoms with Gasteiger partial charge in [-0.15, -0.1) is 0 Å². The average molecular weight is 388 g/mol. The number of benzene rings is 3. The maximum atomic E-state index is 12.5. The summed E-state index contributed by atoms with van der Waals surface area (Å²) >= 11 is 0. The molecule has 0 fully saturated rings. The lowest BCUT2D eigenvalue weighted by Gasteiger charge is -2.20. The predicted octanol–water partition coefficient (Wildman–Crippen LogP) is 4.94. The maximum absolute atomic E-state index is 12.5. The molecule has 0 spiro atoms. The summed E-state index contributed by atoms with van der Waals surface area (Å²) in [5.74, 6) is -0.0176. The minimum atomic E-state index is -0.917. The first-order valence-electron chi connectivity index (χ1n) is 9.43. The monoisotopic (exact) mass is 388 g/mol. The van der Waals surface area contributed by atoms with Crippen LogP contribution < -0.4 is 10.4 Å². The highest BCUT2D eigenvalue weighted by Gasteiger charge is 2.25. The molecule has 4 aromatic rings. The molecule has 1 aromatic heterocycles. The summed E-state index contributed by atoms with van der Waals surface area (Å²) < 4.78 is 16.9. The fourth-order valence-corrected chi connectivity index (χ4v) is 3.41. The van der Waals surface area contributed by atoms with E-state index in [4.69, 9.17) is 13.9 Å². The van der Waals surface area contributed by atoms with Crippen LogP contribution in [0.3, 0.4) is 0 Å². The lowest BCUT2D eigenvalue weighted by molar-refractivity contribution is -0.151. The molecule has 0 amide bonds. The largest absolute Gasteiger partial charge is 0.474 e. The van der Waals surface area contributed by atoms with E-state index < -0.39 is 17.7 Å². The average Bonchev–Trinajstić information content (AvgIpc) is 2.75. The Balaban J connectivity index is 1.82. The zero-order valence-corrected chi connectivity index (χ0v) is 16.2. The van der Waals surface area contributed by atoms with Crippen molar-refractivity contribution >= 4 is 27.7 Å². The van der Waals surface area contributed by atoms with Gasteiger partial charge in [-0.2, -0.15) is 0 Å². The molecule has 146 valence electrons. The summed E-state index contributed by atoms with van der Waals surface area (Å²) in [6.07, 6.45) is -0.917. The minimum Gasteiger partial charge on any atom is -0.474 e. The number of carbonyl (C=O) groups excluding carboxylic acids is 1. The molecule has 0 saturated heterocycles. The smallest absolute Gasteiger partial charge is 0.352 e. The van der Waals surface area contributed by atoms with Gasteiger partial charge in [-0.1, -0.05) is 48.5 Å². The van der Waals surface area contributed by atoms with Crippen molar-refractivity contribution in [3.63, 3.8) is 0 Å². The second-order valence-electron chi connectivity index (χ2n) is 6.66. The number of esters is 1. The molecule has 0 aliphatic heterocycles. The second kappa shape index (κ2) is 7.80. The predicted molar refractivity (Wildman–Crippen MR) is 111 cm³/mol. The Morgan fingerprint density at radius 2 is 1.62 bits per heavy atom. The highest BCUT2D eigenvalue weighted by molar-refractivity contribution is 6.05. The lowest BCUT2D eigenvalue weighted by atomic mass is 10.0. The van der Waals surface area contributed by atoms with E-state index in [1.165, 1.54) is 0 Å². The van der Waals surface area contributed by atoms with Crippen LogP contribution in [0.15, 0.2) is 75.9 Å². The van der Waals surface area contributed by atoms with Crippen LogP contribution in [-0.2, 0) is 9.53 Å². The normalized spacial score (nSPS) is 12.1. The molecular weight excluding hydrogens is 368 g/mol. The third-order valence-corrected chi connectivity index (χ3v) is 4.84. The molecule has 4 rings (SSSR count). The van der Waals surface area contributed by atoms with Crippen molar-refractivity contribution in [3.8, 4) is 5.75 Å². The SMILES string of the molecule is CCOC(=O)[C@@H](Oc1ccc2c(oc(=O)c3ccccc32)c1C)c1ccccc1. The van der Waals surface area contributed by atoms with Crippen molar-refractivity contribution < 1.29 is 18.7 Å². The van der Waals surface area contributed by atoms with Gasteiger partial charge in [-0.25, -0.2) is 9.59 Å². The molecular formula is C24H20O5. The first kappa shape index (κ1) is 18.7. The zero-order valence-electron chi connectivity index (χ0n) is 16.2. The van der Waals surface area contributed by atoms with Gasteiger partial charge in [0.1, 0.15) is 11.3 Å². The van der Waals surface area contributed by atoms with Gasteiger partial charge in [0, 0.05) is 16.5 Å². The van der Waals surface area contributed by atoms with Crippen LogP contribution in [0, 0.1) is 6.92 Å². The zero-order chi connectivity index (χ0) is 20.4. The van der Waals surface area contributed by atoms with Crippen molar-refractivity contribution in [2.24, 2.45) is 0 Å². The second-order valence-corrected chi connectivity index (χ2v) is 6.66. The number of ether oxygens (including phenoxy) is 2. The molecule has 0 aliphatic carbocycles. The molecule has 5 heteroatoms. The van der Waals surface area contributed by atoms with E-state index in [1.807, 2.05) is 55.5 Å². The Hall–Kier alpha value is -3.60. The van der Waals surface area contributed by atoms with Crippen molar-refractivity contribution in [2.75, 3.05) is 6.61 Å². The minimum absolute atomic E-state index is 0.253. The molecule has 0 bridgehead atoms. The van der Waals surface area contributed by atoms with E-state index in [0.29, 0.717) is 27.8 Å². The number of fused-ring (bicyclic) bond motifs is 3. The first-order chi connectivity index (χ1) is 14.1. The molecule has 3 aromatic carbocycles. The summed E-state index contributed by atoms with van der Waals surface area (Å²) in [5.41, 5.74) is 1.38. The van der Waals surface area contributed by atoms with E-state index >= 15 is 0 Å². The highest BCUT2D eigenvalue weighted by atomic mass is 16.6. The van der Waals surface area contributed by atoms with Crippen LogP contribution in [0.1, 0.15) is 24.2 Å². The highest BCUT2D eigenvalue weighted by Crippen LogP contribution is 2.33. The fraction of sp³-hybridized carbons (Fsp3) is 0.167. The molecule has 0 aliphatic rings. The molecule has 0 unspecified atom stereocenters. The maximum Gasteiger partial charge on any atom is 0.352 e. The van der Waals surface area contributed by atoms with Gasteiger partial charge in [-0.3, -0.25) is 0 Å². The fourth-order valence-electron chi connectivity index (χ4n) is 3.41. The van der Waals surface area contributed by atoms with Gasteiger partial charge in [0.05, 0.1) is 12.0 Å². The van der Waals surface area contributed by atoms with Crippen LogP contribution in [0.4, 0.5) is 0 Å². The summed E-state index contributed by atoms with van der Waals surface area (Å²) in [7, 11) is 0. The summed E-state index contributed by atoms with van der Waals surface area (Å²) in [6, 6.07) is 20.1. The Labute approximate surface area is 167 Å². The third kappa shape index (κ3) is 3.47. The van der Waals surface area contributed by atoms with E-state index in [1.54, 1.807) is 25.1 Å². The van der Waals surface area contributed by atoms with Crippen molar-refractivity contribution in [2.45, 2.75) is 20.0 Å². The molecule has 1 heterocycles. The number of carbonyl (C=O) groups is 1. The van der Waals surface area contributed by atoms with Crippen LogP contribution in [0.25, 0.3) is 21.7 Å². The van der Waals surface area contributed by atoms with Crippen LogP contribution in [0.5, 0.6) is 5.75 Å². The molecule has 1 atom stereocenters. The lowest BCUT2D eigenvalue weighted by Crippen LogP contribution is -2.21. The Bertz CT molecular complexity index is 1240. The first-order valence-corrected chi connectivity index (χ1v) is 9.43. The number of hydrogen-bond acceptors (Lipinski definition) is 5. The molecule has 0 N–H and O–H groups in total. The van der Waals surface area contributed by atoms with Crippen LogP contribution >= 0.6 is 0 Å². The van der Waals surface area contributed by atoms with E-state index in [2.05, 4.69) is 0 Å². The molecule has 0 radical (unpaired) electrons. The van der Waals surface area contributed by atoms with Gasteiger partial charge >= 0.3 is 11.6 Å². The van der Waals surface area contributed by atoms with E-state index in [-0.39, 0.29) is 6.61 Å². The van der Waals surface area contributed by atoms with Gasteiger partial charge in [0.2, 0.25) is 6.10 Å².